The third kappa shape index (κ3) is 3.59. The van der Waals surface area contributed by atoms with Gasteiger partial charge in [0.1, 0.15) is 0 Å². The molecule has 0 N–H and O–H groups in total. The van der Waals surface area contributed by atoms with Crippen LogP contribution in [0.4, 0.5) is 0 Å². The Bertz CT molecular complexity index is 978. The van der Waals surface area contributed by atoms with E-state index in [1.807, 2.05) is 53.4 Å². The van der Waals surface area contributed by atoms with Crippen molar-refractivity contribution in [3.8, 4) is 0 Å². The number of hydrogen-bond donors (Lipinski definition) is 0. The molecule has 1 saturated heterocycles. The first-order chi connectivity index (χ1) is 13.5. The highest BCUT2D eigenvalue weighted by Crippen LogP contribution is 2.29. The van der Waals surface area contributed by atoms with Crippen LogP contribution in [0.2, 0.25) is 0 Å². The van der Waals surface area contributed by atoms with Crippen LogP contribution in [0.5, 0.6) is 0 Å². The minimum atomic E-state index is -0.445. The molecule has 3 aromatic rings. The zero-order valence-corrected chi connectivity index (χ0v) is 16.4. The van der Waals surface area contributed by atoms with Crippen molar-refractivity contribution in [3.05, 3.63) is 60.2 Å². The first-order valence-corrected chi connectivity index (χ1v) is 9.88. The van der Waals surface area contributed by atoms with Gasteiger partial charge in [-0.05, 0) is 45.9 Å². The summed E-state index contributed by atoms with van der Waals surface area (Å²) in [4.78, 5) is 27.4. The van der Waals surface area contributed by atoms with Crippen LogP contribution >= 0.6 is 0 Å². The van der Waals surface area contributed by atoms with Crippen LogP contribution in [0.25, 0.3) is 21.5 Å². The lowest BCUT2D eigenvalue weighted by Crippen LogP contribution is -2.44. The highest BCUT2D eigenvalue weighted by molar-refractivity contribution is 6.16. The van der Waals surface area contributed by atoms with Crippen molar-refractivity contribution in [2.75, 3.05) is 19.7 Å². The van der Waals surface area contributed by atoms with Crippen molar-refractivity contribution >= 4 is 33.4 Å². The molecule has 3 aromatic carbocycles. The van der Waals surface area contributed by atoms with Gasteiger partial charge in [-0.3, -0.25) is 4.79 Å². The Labute approximate surface area is 165 Å². The Balaban J connectivity index is 1.59. The largest absolute Gasteiger partial charge is 0.452 e. The Morgan fingerprint density at radius 3 is 2.04 bits per heavy atom. The molecule has 0 aromatic heterocycles. The Morgan fingerprint density at radius 2 is 1.46 bits per heavy atom. The Hall–Kier alpha value is -2.88. The monoisotopic (exact) mass is 375 g/mol. The number of fused-ring (bicyclic) bond motifs is 2. The van der Waals surface area contributed by atoms with Crippen molar-refractivity contribution in [2.24, 2.45) is 11.8 Å². The number of ether oxygens (including phenoxy) is 1. The Morgan fingerprint density at radius 1 is 0.929 bits per heavy atom. The van der Waals surface area contributed by atoms with Crippen LogP contribution < -0.4 is 0 Å². The lowest BCUT2D eigenvalue weighted by molar-refractivity contribution is -0.137. The number of benzene rings is 3. The SMILES string of the molecule is CC1CC(C)CN(C(=O)COC(=O)c2c3ccccc3cc3ccccc23)C1. The molecule has 0 aliphatic carbocycles. The molecule has 1 amide bonds. The first kappa shape index (κ1) is 18.5. The van der Waals surface area contributed by atoms with Crippen LogP contribution in [0.15, 0.2) is 54.6 Å². The van der Waals surface area contributed by atoms with E-state index in [0.717, 1.165) is 41.1 Å². The molecule has 4 rings (SSSR count). The number of rotatable bonds is 3. The number of carbonyl (C=O) groups is 2. The van der Waals surface area contributed by atoms with E-state index in [0.29, 0.717) is 17.4 Å². The fourth-order valence-corrected chi connectivity index (χ4v) is 4.39. The predicted molar refractivity (Wildman–Crippen MR) is 111 cm³/mol. The molecule has 0 radical (unpaired) electrons. The van der Waals surface area contributed by atoms with Crippen molar-refractivity contribution in [2.45, 2.75) is 20.3 Å². The molecule has 1 fully saturated rings. The first-order valence-electron chi connectivity index (χ1n) is 9.88. The molecule has 4 nitrogen and oxygen atoms in total. The molecule has 1 aliphatic rings. The summed E-state index contributed by atoms with van der Waals surface area (Å²) in [5.41, 5.74) is 0.530. The van der Waals surface area contributed by atoms with Crippen molar-refractivity contribution < 1.29 is 14.3 Å². The second-order valence-electron chi connectivity index (χ2n) is 8.01. The smallest absolute Gasteiger partial charge is 0.339 e. The molecule has 2 unspecified atom stereocenters. The summed E-state index contributed by atoms with van der Waals surface area (Å²) in [6.45, 7) is 5.57. The van der Waals surface area contributed by atoms with Crippen molar-refractivity contribution in [1.29, 1.82) is 0 Å². The summed E-state index contributed by atoms with van der Waals surface area (Å²) < 4.78 is 5.50. The van der Waals surface area contributed by atoms with Gasteiger partial charge in [0, 0.05) is 13.1 Å². The third-order valence-electron chi connectivity index (χ3n) is 5.52. The molecular weight excluding hydrogens is 350 g/mol. The second kappa shape index (κ2) is 7.63. The number of likely N-dealkylation sites (tertiary alicyclic amines) is 1. The van der Waals surface area contributed by atoms with E-state index in [2.05, 4.69) is 19.9 Å². The summed E-state index contributed by atoms with van der Waals surface area (Å²) in [5.74, 6) is 0.395. The van der Waals surface area contributed by atoms with E-state index in [4.69, 9.17) is 4.74 Å². The lowest BCUT2D eigenvalue weighted by Gasteiger charge is -2.34. The summed E-state index contributed by atoms with van der Waals surface area (Å²) >= 11 is 0. The molecular formula is C24H25NO3. The number of hydrogen-bond acceptors (Lipinski definition) is 3. The van der Waals surface area contributed by atoms with Gasteiger partial charge in [-0.15, -0.1) is 0 Å². The molecule has 1 heterocycles. The van der Waals surface area contributed by atoms with E-state index < -0.39 is 5.97 Å². The van der Waals surface area contributed by atoms with Crippen LogP contribution in [0, 0.1) is 11.8 Å². The van der Waals surface area contributed by atoms with E-state index in [9.17, 15) is 9.59 Å². The van der Waals surface area contributed by atoms with Gasteiger partial charge in [0.15, 0.2) is 6.61 Å². The van der Waals surface area contributed by atoms with Crippen LogP contribution in [0.1, 0.15) is 30.6 Å². The number of esters is 1. The fraction of sp³-hybridized carbons (Fsp3) is 0.333. The Kier molecular flexibility index (Phi) is 5.03. The quantitative estimate of drug-likeness (QED) is 0.494. The van der Waals surface area contributed by atoms with Crippen LogP contribution in [-0.4, -0.2) is 36.5 Å². The summed E-state index contributed by atoms with van der Waals surface area (Å²) in [5, 5.41) is 3.66. The lowest BCUT2D eigenvalue weighted by atomic mass is 9.92. The number of amides is 1. The van der Waals surface area contributed by atoms with Crippen molar-refractivity contribution in [1.82, 2.24) is 4.90 Å². The standard InChI is InChI=1S/C24H25NO3/c1-16-11-17(2)14-25(13-16)22(26)15-28-24(27)23-20-9-5-3-7-18(20)12-19-8-4-6-10-21(19)23/h3-10,12,16-17H,11,13-15H2,1-2H3. The third-order valence-corrected chi connectivity index (χ3v) is 5.52. The normalized spacial score (nSPS) is 19.7. The number of nitrogens with zero attached hydrogens (tertiary/aromatic N) is 1. The minimum Gasteiger partial charge on any atom is -0.452 e. The summed E-state index contributed by atoms with van der Waals surface area (Å²) in [6, 6.07) is 17.6. The zero-order chi connectivity index (χ0) is 19.7. The van der Waals surface area contributed by atoms with Gasteiger partial charge >= 0.3 is 5.97 Å². The maximum Gasteiger partial charge on any atom is 0.339 e. The molecule has 4 heteroatoms. The maximum absolute atomic E-state index is 13.0. The van der Waals surface area contributed by atoms with Crippen molar-refractivity contribution in [3.63, 3.8) is 0 Å². The highest BCUT2D eigenvalue weighted by Gasteiger charge is 2.26. The molecule has 0 spiro atoms. The highest BCUT2D eigenvalue weighted by atomic mass is 16.5. The molecule has 2 atom stereocenters. The van der Waals surface area contributed by atoms with Gasteiger partial charge in [0.2, 0.25) is 0 Å². The molecule has 28 heavy (non-hydrogen) atoms. The second-order valence-corrected chi connectivity index (χ2v) is 8.01. The summed E-state index contributed by atoms with van der Waals surface area (Å²) in [7, 11) is 0. The predicted octanol–water partition coefficient (Wildman–Crippen LogP) is 4.65. The van der Waals surface area contributed by atoms with E-state index in [1.165, 1.54) is 0 Å². The number of carbonyl (C=O) groups excluding carboxylic acids is 2. The number of piperidine rings is 1. The molecule has 0 saturated carbocycles. The van der Waals surface area contributed by atoms with Gasteiger partial charge < -0.3 is 9.64 Å². The molecule has 0 bridgehead atoms. The van der Waals surface area contributed by atoms with Crippen LogP contribution in [0.3, 0.4) is 0 Å². The summed E-state index contributed by atoms with van der Waals surface area (Å²) in [6.07, 6.45) is 1.13. The fourth-order valence-electron chi connectivity index (χ4n) is 4.39. The van der Waals surface area contributed by atoms with E-state index in [1.54, 1.807) is 0 Å². The topological polar surface area (TPSA) is 46.6 Å². The average molecular weight is 375 g/mol. The molecule has 144 valence electrons. The average Bonchev–Trinajstić information content (AvgIpc) is 2.69. The van der Waals surface area contributed by atoms with Gasteiger partial charge in [0.05, 0.1) is 5.56 Å². The minimum absolute atomic E-state index is 0.115. The van der Waals surface area contributed by atoms with Crippen LogP contribution in [-0.2, 0) is 9.53 Å². The van der Waals surface area contributed by atoms with Gasteiger partial charge in [-0.2, -0.15) is 0 Å². The van der Waals surface area contributed by atoms with Gasteiger partial charge in [-0.25, -0.2) is 4.79 Å². The van der Waals surface area contributed by atoms with Gasteiger partial charge in [-0.1, -0.05) is 62.4 Å². The maximum atomic E-state index is 13.0. The molecule has 1 aliphatic heterocycles. The van der Waals surface area contributed by atoms with Gasteiger partial charge in [0.25, 0.3) is 5.91 Å². The zero-order valence-electron chi connectivity index (χ0n) is 16.4. The van der Waals surface area contributed by atoms with E-state index in [-0.39, 0.29) is 12.5 Å². The van der Waals surface area contributed by atoms with E-state index >= 15 is 0 Å².